The summed E-state index contributed by atoms with van der Waals surface area (Å²) >= 11 is 0. The SMILES string of the molecule is CCCN(C1CCNCC1)S(=O)(=O)c1cc(F)ccc1C. The summed E-state index contributed by atoms with van der Waals surface area (Å²) in [6.07, 6.45) is 2.35. The van der Waals surface area contributed by atoms with Crippen LogP contribution in [0.25, 0.3) is 0 Å². The molecule has 0 amide bonds. The van der Waals surface area contributed by atoms with E-state index in [9.17, 15) is 12.8 Å². The maximum Gasteiger partial charge on any atom is 0.243 e. The van der Waals surface area contributed by atoms with E-state index in [1.54, 1.807) is 11.2 Å². The van der Waals surface area contributed by atoms with Crippen molar-refractivity contribution in [3.05, 3.63) is 29.6 Å². The van der Waals surface area contributed by atoms with Crippen LogP contribution in [0.4, 0.5) is 4.39 Å². The Balaban J connectivity index is 2.39. The van der Waals surface area contributed by atoms with E-state index in [1.165, 1.54) is 12.1 Å². The molecule has 0 bridgehead atoms. The average Bonchev–Trinajstić information content (AvgIpc) is 2.48. The molecule has 118 valence electrons. The Kier molecular flexibility index (Phi) is 5.35. The van der Waals surface area contributed by atoms with Crippen molar-refractivity contribution in [2.45, 2.75) is 44.0 Å². The van der Waals surface area contributed by atoms with Crippen molar-refractivity contribution < 1.29 is 12.8 Å². The Labute approximate surface area is 126 Å². The van der Waals surface area contributed by atoms with Crippen LogP contribution in [0, 0.1) is 12.7 Å². The molecule has 0 spiro atoms. The molecule has 1 N–H and O–H groups in total. The quantitative estimate of drug-likeness (QED) is 0.907. The lowest BCUT2D eigenvalue weighted by atomic mass is 10.1. The van der Waals surface area contributed by atoms with Crippen LogP contribution < -0.4 is 5.32 Å². The molecule has 1 saturated heterocycles. The van der Waals surface area contributed by atoms with Crippen molar-refractivity contribution in [1.29, 1.82) is 0 Å². The summed E-state index contributed by atoms with van der Waals surface area (Å²) in [7, 11) is -3.65. The fourth-order valence-electron chi connectivity index (χ4n) is 2.79. The molecule has 0 aromatic heterocycles. The molecule has 1 aromatic rings. The minimum absolute atomic E-state index is 0.00105. The molecular formula is C15H23FN2O2S. The van der Waals surface area contributed by atoms with Crippen molar-refractivity contribution in [2.24, 2.45) is 0 Å². The van der Waals surface area contributed by atoms with Gasteiger partial charge in [0.05, 0.1) is 4.90 Å². The van der Waals surface area contributed by atoms with Gasteiger partial charge in [-0.2, -0.15) is 4.31 Å². The number of nitrogens with one attached hydrogen (secondary N) is 1. The largest absolute Gasteiger partial charge is 0.317 e. The van der Waals surface area contributed by atoms with Gasteiger partial charge in [-0.1, -0.05) is 13.0 Å². The number of aryl methyl sites for hydroxylation is 1. The van der Waals surface area contributed by atoms with Crippen LogP contribution in [0.15, 0.2) is 23.1 Å². The fraction of sp³-hybridized carbons (Fsp3) is 0.600. The lowest BCUT2D eigenvalue weighted by Crippen LogP contribution is -2.46. The zero-order valence-corrected chi connectivity index (χ0v) is 13.4. The molecule has 1 fully saturated rings. The molecule has 1 aromatic carbocycles. The first-order valence-corrected chi connectivity index (χ1v) is 8.89. The Morgan fingerprint density at radius 1 is 1.33 bits per heavy atom. The number of nitrogens with zero attached hydrogens (tertiary/aromatic N) is 1. The molecule has 0 aliphatic carbocycles. The second kappa shape index (κ2) is 6.85. The van der Waals surface area contributed by atoms with Crippen LogP contribution in [-0.4, -0.2) is 38.4 Å². The number of piperidine rings is 1. The van der Waals surface area contributed by atoms with Crippen molar-refractivity contribution >= 4 is 10.0 Å². The molecule has 21 heavy (non-hydrogen) atoms. The first-order valence-electron chi connectivity index (χ1n) is 7.45. The predicted octanol–water partition coefficient (Wildman–Crippen LogP) is 2.29. The summed E-state index contributed by atoms with van der Waals surface area (Å²) in [5, 5.41) is 3.24. The second-order valence-electron chi connectivity index (χ2n) is 5.51. The normalized spacial score (nSPS) is 17.3. The number of hydrogen-bond donors (Lipinski definition) is 1. The predicted molar refractivity (Wildman–Crippen MR) is 81.2 cm³/mol. The van der Waals surface area contributed by atoms with Crippen LogP contribution in [0.5, 0.6) is 0 Å². The summed E-state index contributed by atoms with van der Waals surface area (Å²) in [5.41, 5.74) is 0.589. The highest BCUT2D eigenvalue weighted by molar-refractivity contribution is 7.89. The van der Waals surface area contributed by atoms with Crippen LogP contribution in [0.3, 0.4) is 0 Å². The summed E-state index contributed by atoms with van der Waals surface area (Å²) in [4.78, 5) is 0.0921. The Morgan fingerprint density at radius 3 is 2.62 bits per heavy atom. The van der Waals surface area contributed by atoms with Crippen LogP contribution in [0.2, 0.25) is 0 Å². The van der Waals surface area contributed by atoms with Gasteiger partial charge < -0.3 is 5.32 Å². The highest BCUT2D eigenvalue weighted by Gasteiger charge is 2.32. The Morgan fingerprint density at radius 2 is 2.00 bits per heavy atom. The van der Waals surface area contributed by atoms with E-state index < -0.39 is 15.8 Å². The third-order valence-corrected chi connectivity index (χ3v) is 5.99. The lowest BCUT2D eigenvalue weighted by molar-refractivity contribution is 0.262. The van der Waals surface area contributed by atoms with E-state index in [1.807, 2.05) is 6.92 Å². The summed E-state index contributed by atoms with van der Waals surface area (Å²) < 4.78 is 40.9. The number of rotatable bonds is 5. The summed E-state index contributed by atoms with van der Waals surface area (Å²) in [5.74, 6) is -0.513. The third kappa shape index (κ3) is 3.62. The second-order valence-corrected chi connectivity index (χ2v) is 7.37. The van der Waals surface area contributed by atoms with Gasteiger partial charge in [0.1, 0.15) is 5.82 Å². The molecule has 2 rings (SSSR count). The smallest absolute Gasteiger partial charge is 0.243 e. The maximum atomic E-state index is 13.5. The number of hydrogen-bond acceptors (Lipinski definition) is 3. The lowest BCUT2D eigenvalue weighted by Gasteiger charge is -2.34. The number of sulfonamides is 1. The van der Waals surface area contributed by atoms with Gasteiger partial charge in [0.2, 0.25) is 10.0 Å². The van der Waals surface area contributed by atoms with Crippen molar-refractivity contribution in [2.75, 3.05) is 19.6 Å². The third-order valence-electron chi connectivity index (χ3n) is 3.90. The van der Waals surface area contributed by atoms with Crippen molar-refractivity contribution in [3.8, 4) is 0 Å². The van der Waals surface area contributed by atoms with Crippen LogP contribution >= 0.6 is 0 Å². The molecule has 0 unspecified atom stereocenters. The Bertz CT molecular complexity index is 583. The molecule has 6 heteroatoms. The minimum atomic E-state index is -3.65. The monoisotopic (exact) mass is 314 g/mol. The van der Waals surface area contributed by atoms with Gasteiger partial charge >= 0.3 is 0 Å². The van der Waals surface area contributed by atoms with E-state index in [0.29, 0.717) is 12.1 Å². The van der Waals surface area contributed by atoms with Gasteiger partial charge in [0.25, 0.3) is 0 Å². The first-order chi connectivity index (χ1) is 9.96. The van der Waals surface area contributed by atoms with Crippen LogP contribution in [-0.2, 0) is 10.0 Å². The standard InChI is InChI=1S/C15H23FN2O2S/c1-3-10-18(14-6-8-17-9-7-14)21(19,20)15-11-13(16)5-4-12(15)2/h4-5,11,14,17H,3,6-10H2,1-2H3. The molecule has 0 radical (unpaired) electrons. The zero-order valence-electron chi connectivity index (χ0n) is 12.6. The highest BCUT2D eigenvalue weighted by Crippen LogP contribution is 2.25. The van der Waals surface area contributed by atoms with Gasteiger partial charge in [0, 0.05) is 12.6 Å². The molecule has 4 nitrogen and oxygen atoms in total. The molecule has 0 atom stereocenters. The molecule has 1 aliphatic rings. The van der Waals surface area contributed by atoms with Crippen LogP contribution in [0.1, 0.15) is 31.7 Å². The fourth-order valence-corrected chi connectivity index (χ4v) is 4.81. The van der Waals surface area contributed by atoms with E-state index in [4.69, 9.17) is 0 Å². The van der Waals surface area contributed by atoms with E-state index >= 15 is 0 Å². The topological polar surface area (TPSA) is 49.4 Å². The minimum Gasteiger partial charge on any atom is -0.317 e. The average molecular weight is 314 g/mol. The van der Waals surface area contributed by atoms with E-state index in [-0.39, 0.29) is 10.9 Å². The van der Waals surface area contributed by atoms with Crippen molar-refractivity contribution in [3.63, 3.8) is 0 Å². The van der Waals surface area contributed by atoms with E-state index in [0.717, 1.165) is 38.4 Å². The zero-order chi connectivity index (χ0) is 15.5. The van der Waals surface area contributed by atoms with Gasteiger partial charge in [-0.3, -0.25) is 0 Å². The highest BCUT2D eigenvalue weighted by atomic mass is 32.2. The van der Waals surface area contributed by atoms with Gasteiger partial charge in [0.15, 0.2) is 0 Å². The summed E-state index contributed by atoms with van der Waals surface area (Å²) in [6, 6.07) is 3.95. The molecular weight excluding hydrogens is 291 g/mol. The van der Waals surface area contributed by atoms with Crippen molar-refractivity contribution in [1.82, 2.24) is 9.62 Å². The molecule has 1 heterocycles. The number of benzene rings is 1. The number of halogens is 1. The molecule has 0 saturated carbocycles. The molecule has 1 aliphatic heterocycles. The Hall–Kier alpha value is -0.980. The van der Waals surface area contributed by atoms with Gasteiger partial charge in [-0.15, -0.1) is 0 Å². The first kappa shape index (κ1) is 16.4. The maximum absolute atomic E-state index is 13.5. The van der Waals surface area contributed by atoms with E-state index in [2.05, 4.69) is 5.32 Å². The van der Waals surface area contributed by atoms with Gasteiger partial charge in [-0.25, -0.2) is 12.8 Å². The van der Waals surface area contributed by atoms with Gasteiger partial charge in [-0.05, 0) is 57.0 Å². The summed E-state index contributed by atoms with van der Waals surface area (Å²) in [6.45, 7) is 5.79.